The van der Waals surface area contributed by atoms with Gasteiger partial charge < -0.3 is 13.6 Å². The second-order valence-corrected chi connectivity index (χ2v) is 22.5. The van der Waals surface area contributed by atoms with Crippen LogP contribution in [0.4, 0.5) is 0 Å². The summed E-state index contributed by atoms with van der Waals surface area (Å²) in [6.07, 6.45) is 5.07. The number of hydrogen-bond donors (Lipinski definition) is 0. The predicted molar refractivity (Wildman–Crippen MR) is 141 cm³/mol. The fraction of sp³-hybridized carbons (Fsp3) is 0.923. The van der Waals surface area contributed by atoms with E-state index < -0.39 is 16.6 Å². The predicted octanol–water partition coefficient (Wildman–Crippen LogP) is 8.33. The fourth-order valence-electron chi connectivity index (χ4n) is 4.82. The van der Waals surface area contributed by atoms with Crippen LogP contribution < -0.4 is 0 Å². The first-order chi connectivity index (χ1) is 14.1. The van der Waals surface area contributed by atoms with Crippen molar-refractivity contribution >= 4 is 16.6 Å². The quantitative estimate of drug-likeness (QED) is 0.154. The summed E-state index contributed by atoms with van der Waals surface area (Å²) in [7, 11) is -3.68. The third-order valence-corrected chi connectivity index (χ3v) is 18.5. The molecule has 0 radical (unpaired) electrons. The highest BCUT2D eigenvalue weighted by molar-refractivity contribution is 6.77. The van der Waals surface area contributed by atoms with Crippen molar-refractivity contribution in [2.75, 3.05) is 13.2 Å². The molecule has 31 heavy (non-hydrogen) atoms. The lowest BCUT2D eigenvalue weighted by atomic mass is 9.99. The van der Waals surface area contributed by atoms with Gasteiger partial charge in [-0.05, 0) is 59.6 Å². The zero-order valence-corrected chi connectivity index (χ0v) is 25.1. The van der Waals surface area contributed by atoms with Gasteiger partial charge in [0.05, 0.1) is 18.8 Å². The molecule has 1 aliphatic heterocycles. The van der Waals surface area contributed by atoms with Gasteiger partial charge in [0.1, 0.15) is 0 Å². The minimum Gasteiger partial charge on any atom is -0.415 e. The molecule has 1 heterocycles. The smallest absolute Gasteiger partial charge is 0.200 e. The van der Waals surface area contributed by atoms with Crippen LogP contribution in [0.3, 0.4) is 0 Å². The molecule has 3 nitrogen and oxygen atoms in total. The molecule has 184 valence electrons. The Morgan fingerprint density at radius 1 is 1.03 bits per heavy atom. The van der Waals surface area contributed by atoms with Crippen molar-refractivity contribution in [1.29, 1.82) is 0 Å². The van der Waals surface area contributed by atoms with Gasteiger partial charge in [0.2, 0.25) is 0 Å². The van der Waals surface area contributed by atoms with Crippen molar-refractivity contribution in [3.05, 3.63) is 11.6 Å². The number of hydrogen-bond acceptors (Lipinski definition) is 3. The molecule has 0 aromatic carbocycles. The highest BCUT2D eigenvalue weighted by atomic mass is 28.4. The zero-order chi connectivity index (χ0) is 24.2. The van der Waals surface area contributed by atoms with Gasteiger partial charge in [0.25, 0.3) is 0 Å². The summed E-state index contributed by atoms with van der Waals surface area (Å²) >= 11 is 0. The maximum Gasteiger partial charge on any atom is 0.200 e. The van der Waals surface area contributed by atoms with Gasteiger partial charge in [-0.1, -0.05) is 75.3 Å². The summed E-state index contributed by atoms with van der Waals surface area (Å²) in [5.74, 6) is 0.439. The van der Waals surface area contributed by atoms with Crippen molar-refractivity contribution in [2.24, 2.45) is 5.92 Å². The fourth-order valence-corrected chi connectivity index (χ4v) is 11.7. The maximum absolute atomic E-state index is 6.93. The molecule has 0 amide bonds. The van der Waals surface area contributed by atoms with Crippen LogP contribution >= 0.6 is 0 Å². The molecule has 0 bridgehead atoms. The zero-order valence-electron chi connectivity index (χ0n) is 23.1. The molecule has 0 aromatic heterocycles. The molecule has 1 fully saturated rings. The Hall–Kier alpha value is 0.0538. The summed E-state index contributed by atoms with van der Waals surface area (Å²) in [5, 5.41) is 0.209. The Labute approximate surface area is 197 Å². The monoisotopic (exact) mass is 470 g/mol. The summed E-state index contributed by atoms with van der Waals surface area (Å²) in [5.41, 5.74) is 3.23. The average molecular weight is 471 g/mol. The van der Waals surface area contributed by atoms with Gasteiger partial charge >= 0.3 is 0 Å². The van der Waals surface area contributed by atoms with Gasteiger partial charge in [-0.3, -0.25) is 0 Å². The van der Waals surface area contributed by atoms with E-state index in [0.29, 0.717) is 28.6 Å². The van der Waals surface area contributed by atoms with Crippen LogP contribution in [0.25, 0.3) is 0 Å². The molecule has 1 saturated heterocycles. The number of rotatable bonds is 13. The highest BCUT2D eigenvalue weighted by Gasteiger charge is 2.45. The summed E-state index contributed by atoms with van der Waals surface area (Å²) in [4.78, 5) is 0. The largest absolute Gasteiger partial charge is 0.415 e. The van der Waals surface area contributed by atoms with E-state index in [2.05, 4.69) is 95.3 Å². The van der Waals surface area contributed by atoms with Gasteiger partial charge in [0, 0.05) is 13.0 Å². The first-order valence-electron chi connectivity index (χ1n) is 12.7. The average Bonchev–Trinajstić information content (AvgIpc) is 3.42. The molecule has 1 rings (SSSR count). The molecule has 0 N–H and O–H groups in total. The lowest BCUT2D eigenvalue weighted by Crippen LogP contribution is -2.48. The van der Waals surface area contributed by atoms with Crippen LogP contribution in [0.15, 0.2) is 11.6 Å². The molecule has 5 heteroatoms. The van der Waals surface area contributed by atoms with Crippen molar-refractivity contribution in [3.8, 4) is 0 Å². The van der Waals surface area contributed by atoms with Crippen LogP contribution in [0.5, 0.6) is 0 Å². The minimum atomic E-state index is -1.84. The Morgan fingerprint density at radius 3 is 1.87 bits per heavy atom. The molecule has 0 aromatic rings. The van der Waals surface area contributed by atoms with E-state index in [1.165, 1.54) is 5.57 Å². The van der Waals surface area contributed by atoms with E-state index >= 15 is 0 Å². The minimum absolute atomic E-state index is 0.157. The second kappa shape index (κ2) is 11.5. The lowest BCUT2D eigenvalue weighted by Gasteiger charge is -2.43. The topological polar surface area (TPSA) is 31.0 Å². The highest BCUT2D eigenvalue weighted by Crippen LogP contribution is 2.43. The standard InChI is InChI=1S/C26H54O3Si2/c1-14-23(17-28-31(19(2)3,20(4)5)21(6)7)15-22(8)25(16-24-18-27-24)29-30(12,13)26(9,10)11/h15,19-21,23-25H,14,16-18H2,1-13H3/b22-15-/t23-,24?,25+/m1/s1. The first-order valence-corrected chi connectivity index (χ1v) is 17.7. The van der Waals surface area contributed by atoms with Crippen LogP contribution in [0.2, 0.25) is 34.8 Å². The van der Waals surface area contributed by atoms with Gasteiger partial charge in [-0.25, -0.2) is 0 Å². The Kier molecular flexibility index (Phi) is 10.8. The van der Waals surface area contributed by atoms with E-state index in [1.54, 1.807) is 0 Å². The van der Waals surface area contributed by atoms with Gasteiger partial charge in [-0.15, -0.1) is 0 Å². The Morgan fingerprint density at radius 2 is 1.52 bits per heavy atom. The van der Waals surface area contributed by atoms with Crippen LogP contribution in [0.1, 0.15) is 89.0 Å². The first kappa shape index (κ1) is 29.1. The van der Waals surface area contributed by atoms with Crippen LogP contribution in [0, 0.1) is 5.92 Å². The molecule has 1 aliphatic rings. The SMILES string of the molecule is CC[C@H](/C=C(/C)[C@H](CC1CO1)O[Si](C)(C)C(C)(C)C)CO[Si](C(C)C)(C(C)C)C(C)C. The Bertz CT molecular complexity index is 550. The summed E-state index contributed by atoms with van der Waals surface area (Å²) < 4.78 is 19.4. The lowest BCUT2D eigenvalue weighted by molar-refractivity contribution is 0.186. The molecule has 0 aliphatic carbocycles. The molecule has 1 unspecified atom stereocenters. The molecular formula is C26H54O3Si2. The number of ether oxygens (including phenoxy) is 1. The van der Waals surface area contributed by atoms with Crippen molar-refractivity contribution in [1.82, 2.24) is 0 Å². The van der Waals surface area contributed by atoms with E-state index in [-0.39, 0.29) is 11.1 Å². The molecular weight excluding hydrogens is 416 g/mol. The molecule has 3 atom stereocenters. The van der Waals surface area contributed by atoms with Gasteiger partial charge in [-0.2, -0.15) is 0 Å². The second-order valence-electron chi connectivity index (χ2n) is 12.3. The normalized spacial score (nSPS) is 20.6. The van der Waals surface area contributed by atoms with Crippen molar-refractivity contribution in [2.45, 2.75) is 136 Å². The number of epoxide rings is 1. The summed E-state index contributed by atoms with van der Waals surface area (Å²) in [6, 6.07) is 0. The van der Waals surface area contributed by atoms with E-state index in [1.807, 2.05) is 0 Å². The summed E-state index contributed by atoms with van der Waals surface area (Å²) in [6.45, 7) is 32.1. The van der Waals surface area contributed by atoms with Crippen molar-refractivity contribution in [3.63, 3.8) is 0 Å². The van der Waals surface area contributed by atoms with E-state index in [9.17, 15) is 0 Å². The van der Waals surface area contributed by atoms with Crippen molar-refractivity contribution < 1.29 is 13.6 Å². The van der Waals surface area contributed by atoms with Gasteiger partial charge in [0.15, 0.2) is 16.6 Å². The maximum atomic E-state index is 6.93. The molecule has 0 saturated carbocycles. The van der Waals surface area contributed by atoms with Crippen LogP contribution in [-0.4, -0.2) is 42.1 Å². The van der Waals surface area contributed by atoms with Crippen LogP contribution in [-0.2, 0) is 13.6 Å². The molecule has 0 spiro atoms. The third-order valence-electron chi connectivity index (χ3n) is 7.91. The third kappa shape index (κ3) is 7.80. The van der Waals surface area contributed by atoms with E-state index in [0.717, 1.165) is 26.1 Å². The van der Waals surface area contributed by atoms with E-state index in [4.69, 9.17) is 13.6 Å². The Balaban J connectivity index is 3.03.